The molecule has 0 spiro atoms. The third-order valence-electron chi connectivity index (χ3n) is 3.08. The minimum Gasteiger partial charge on any atom is -0.327 e. The van der Waals surface area contributed by atoms with E-state index < -0.39 is 0 Å². The van der Waals surface area contributed by atoms with Crippen LogP contribution in [0.3, 0.4) is 0 Å². The van der Waals surface area contributed by atoms with E-state index in [1.54, 1.807) is 0 Å². The monoisotopic (exact) mass is 240 g/mol. The number of hydrogen-bond acceptors (Lipinski definition) is 2. The zero-order valence-electron chi connectivity index (χ0n) is 10.8. The van der Waals surface area contributed by atoms with Crippen molar-refractivity contribution >= 4 is 0 Å². The van der Waals surface area contributed by atoms with E-state index in [9.17, 15) is 0 Å². The molecule has 1 aromatic heterocycles. The molecule has 2 heteroatoms. The van der Waals surface area contributed by atoms with Gasteiger partial charge in [0.15, 0.2) is 0 Å². The van der Waals surface area contributed by atoms with E-state index in [1.807, 2.05) is 24.4 Å². The van der Waals surface area contributed by atoms with Crippen LogP contribution in [0.25, 0.3) is 0 Å². The molecule has 0 aliphatic carbocycles. The van der Waals surface area contributed by atoms with Gasteiger partial charge in [-0.25, -0.2) is 0 Å². The molecule has 2 rings (SSSR count). The highest BCUT2D eigenvalue weighted by atomic mass is 14.7. The quantitative estimate of drug-likeness (QED) is 0.872. The number of aryl methyl sites for hydroxylation is 2. The van der Waals surface area contributed by atoms with Crippen LogP contribution in [-0.4, -0.2) is 11.0 Å². The summed E-state index contributed by atoms with van der Waals surface area (Å²) in [5, 5.41) is 0. The van der Waals surface area contributed by atoms with Gasteiger partial charge in [0.25, 0.3) is 0 Å². The summed E-state index contributed by atoms with van der Waals surface area (Å²) in [5.74, 6) is 0. The molecule has 0 amide bonds. The highest BCUT2D eigenvalue weighted by Crippen LogP contribution is 2.09. The van der Waals surface area contributed by atoms with E-state index in [2.05, 4.69) is 36.2 Å². The first kappa shape index (κ1) is 12.8. The zero-order valence-corrected chi connectivity index (χ0v) is 10.8. The lowest BCUT2D eigenvalue weighted by Gasteiger charge is -2.11. The summed E-state index contributed by atoms with van der Waals surface area (Å²) in [4.78, 5) is 4.31. The summed E-state index contributed by atoms with van der Waals surface area (Å²) in [6.07, 6.45) is 4.71. The van der Waals surface area contributed by atoms with Gasteiger partial charge in [0.2, 0.25) is 0 Å². The standard InChI is InChI=1S/C16H20N2/c1-13-5-4-6-14(11-13)8-9-15(17)12-16-7-2-3-10-18-16/h2-7,10-11,15H,8-9,12,17H2,1H3. The molecule has 18 heavy (non-hydrogen) atoms. The van der Waals surface area contributed by atoms with Crippen molar-refractivity contribution in [2.75, 3.05) is 0 Å². The van der Waals surface area contributed by atoms with Crippen LogP contribution in [0, 0.1) is 6.92 Å². The maximum Gasteiger partial charge on any atom is 0.0419 e. The fourth-order valence-electron chi connectivity index (χ4n) is 2.11. The lowest BCUT2D eigenvalue weighted by Crippen LogP contribution is -2.23. The van der Waals surface area contributed by atoms with Crippen molar-refractivity contribution in [1.82, 2.24) is 4.98 Å². The summed E-state index contributed by atoms with van der Waals surface area (Å²) in [6.45, 7) is 2.12. The number of pyridine rings is 1. The van der Waals surface area contributed by atoms with Crippen LogP contribution >= 0.6 is 0 Å². The number of nitrogens with two attached hydrogens (primary N) is 1. The van der Waals surface area contributed by atoms with Gasteiger partial charge in [0, 0.05) is 24.4 Å². The van der Waals surface area contributed by atoms with E-state index in [1.165, 1.54) is 11.1 Å². The van der Waals surface area contributed by atoms with Gasteiger partial charge in [0.1, 0.15) is 0 Å². The number of benzene rings is 1. The van der Waals surface area contributed by atoms with Gasteiger partial charge in [-0.05, 0) is 37.5 Å². The molecule has 0 radical (unpaired) electrons. The Labute approximate surface area is 109 Å². The summed E-state index contributed by atoms with van der Waals surface area (Å²) >= 11 is 0. The second-order valence-corrected chi connectivity index (χ2v) is 4.81. The number of nitrogens with zero attached hydrogens (tertiary/aromatic N) is 1. The van der Waals surface area contributed by atoms with Gasteiger partial charge in [0.05, 0.1) is 0 Å². The molecule has 0 saturated carbocycles. The van der Waals surface area contributed by atoms with Crippen LogP contribution in [0.15, 0.2) is 48.7 Å². The van der Waals surface area contributed by atoms with Gasteiger partial charge in [-0.3, -0.25) is 4.98 Å². The van der Waals surface area contributed by atoms with Crippen molar-refractivity contribution in [2.24, 2.45) is 5.73 Å². The van der Waals surface area contributed by atoms with Gasteiger partial charge in [-0.1, -0.05) is 35.9 Å². The SMILES string of the molecule is Cc1cccc(CCC(N)Cc2ccccn2)c1. The second-order valence-electron chi connectivity index (χ2n) is 4.81. The molecular weight excluding hydrogens is 220 g/mol. The van der Waals surface area contributed by atoms with E-state index in [-0.39, 0.29) is 6.04 Å². The van der Waals surface area contributed by atoms with Crippen LogP contribution < -0.4 is 5.73 Å². The Kier molecular flexibility index (Phi) is 4.48. The van der Waals surface area contributed by atoms with E-state index in [4.69, 9.17) is 5.73 Å². The average Bonchev–Trinajstić information content (AvgIpc) is 2.38. The minimum atomic E-state index is 0.181. The van der Waals surface area contributed by atoms with E-state index in [0.717, 1.165) is 25.0 Å². The number of hydrogen-bond donors (Lipinski definition) is 1. The topological polar surface area (TPSA) is 38.9 Å². The van der Waals surface area contributed by atoms with Crippen LogP contribution in [0.4, 0.5) is 0 Å². The molecule has 0 aliphatic rings. The van der Waals surface area contributed by atoms with E-state index in [0.29, 0.717) is 0 Å². The minimum absolute atomic E-state index is 0.181. The van der Waals surface area contributed by atoms with Gasteiger partial charge < -0.3 is 5.73 Å². The Morgan fingerprint density at radius 3 is 2.78 bits per heavy atom. The molecular formula is C16H20N2. The van der Waals surface area contributed by atoms with Crippen molar-refractivity contribution in [3.8, 4) is 0 Å². The molecule has 1 unspecified atom stereocenters. The van der Waals surface area contributed by atoms with Gasteiger partial charge in [-0.2, -0.15) is 0 Å². The Morgan fingerprint density at radius 1 is 1.17 bits per heavy atom. The fourth-order valence-corrected chi connectivity index (χ4v) is 2.11. The zero-order chi connectivity index (χ0) is 12.8. The van der Waals surface area contributed by atoms with E-state index >= 15 is 0 Å². The summed E-state index contributed by atoms with van der Waals surface area (Å²) in [5.41, 5.74) is 9.91. The van der Waals surface area contributed by atoms with Gasteiger partial charge in [-0.15, -0.1) is 0 Å². The molecule has 94 valence electrons. The summed E-state index contributed by atoms with van der Waals surface area (Å²) in [7, 11) is 0. The molecule has 0 saturated heterocycles. The van der Waals surface area contributed by atoms with Crippen LogP contribution in [0.2, 0.25) is 0 Å². The number of rotatable bonds is 5. The predicted molar refractivity (Wildman–Crippen MR) is 75.4 cm³/mol. The normalized spacial score (nSPS) is 12.3. The maximum atomic E-state index is 6.15. The maximum absolute atomic E-state index is 6.15. The molecule has 0 bridgehead atoms. The highest BCUT2D eigenvalue weighted by Gasteiger charge is 2.05. The highest BCUT2D eigenvalue weighted by molar-refractivity contribution is 5.22. The Morgan fingerprint density at radius 2 is 2.06 bits per heavy atom. The lowest BCUT2D eigenvalue weighted by atomic mass is 10.0. The van der Waals surface area contributed by atoms with Crippen molar-refractivity contribution in [3.05, 3.63) is 65.5 Å². The first-order valence-corrected chi connectivity index (χ1v) is 6.45. The fraction of sp³-hybridized carbons (Fsp3) is 0.312. The van der Waals surface area contributed by atoms with Crippen LogP contribution in [-0.2, 0) is 12.8 Å². The van der Waals surface area contributed by atoms with Gasteiger partial charge >= 0.3 is 0 Å². The molecule has 2 aromatic rings. The molecule has 0 fully saturated rings. The first-order valence-electron chi connectivity index (χ1n) is 6.45. The van der Waals surface area contributed by atoms with Crippen LogP contribution in [0.5, 0.6) is 0 Å². The smallest absolute Gasteiger partial charge is 0.0419 e. The Balaban J connectivity index is 1.83. The molecule has 0 aliphatic heterocycles. The molecule has 1 heterocycles. The largest absolute Gasteiger partial charge is 0.327 e. The van der Waals surface area contributed by atoms with Crippen molar-refractivity contribution in [1.29, 1.82) is 0 Å². The Bertz CT molecular complexity index is 479. The lowest BCUT2D eigenvalue weighted by molar-refractivity contribution is 0.603. The molecule has 2 N–H and O–H groups in total. The second kappa shape index (κ2) is 6.31. The predicted octanol–water partition coefficient (Wildman–Crippen LogP) is 2.89. The molecule has 1 aromatic carbocycles. The first-order chi connectivity index (χ1) is 8.74. The summed E-state index contributed by atoms with van der Waals surface area (Å²) < 4.78 is 0. The third kappa shape index (κ3) is 3.97. The van der Waals surface area contributed by atoms with Crippen molar-refractivity contribution < 1.29 is 0 Å². The van der Waals surface area contributed by atoms with Crippen molar-refractivity contribution in [3.63, 3.8) is 0 Å². The molecule has 2 nitrogen and oxygen atoms in total. The Hall–Kier alpha value is -1.67. The average molecular weight is 240 g/mol. The summed E-state index contributed by atoms with van der Waals surface area (Å²) in [6, 6.07) is 14.8. The van der Waals surface area contributed by atoms with Crippen LogP contribution in [0.1, 0.15) is 23.2 Å². The number of aromatic nitrogens is 1. The third-order valence-corrected chi connectivity index (χ3v) is 3.08. The van der Waals surface area contributed by atoms with Crippen molar-refractivity contribution in [2.45, 2.75) is 32.2 Å². The molecule has 1 atom stereocenters.